The molecular formula is C22H23ClN4O4. The molecule has 1 unspecified atom stereocenters. The van der Waals surface area contributed by atoms with Crippen molar-refractivity contribution in [3.63, 3.8) is 0 Å². The van der Waals surface area contributed by atoms with Crippen LogP contribution in [0, 0.1) is 0 Å². The molecule has 9 heteroatoms. The molecule has 1 saturated heterocycles. The molecule has 4 rings (SSSR count). The Hall–Kier alpha value is -3.10. The second-order valence-corrected chi connectivity index (χ2v) is 7.73. The average molecular weight is 443 g/mol. The van der Waals surface area contributed by atoms with Gasteiger partial charge in [0.2, 0.25) is 5.56 Å². The highest BCUT2D eigenvalue weighted by Gasteiger charge is 2.28. The number of pyridine rings is 1. The Morgan fingerprint density at radius 2 is 2.16 bits per heavy atom. The molecule has 8 nitrogen and oxygen atoms in total. The molecule has 3 aromatic rings. The third-order valence-electron chi connectivity index (χ3n) is 5.13. The Bertz CT molecular complexity index is 1130. The van der Waals surface area contributed by atoms with E-state index < -0.39 is 0 Å². The fraction of sp³-hybridized carbons (Fsp3) is 0.318. The number of para-hydroxylation sites is 1. The molecule has 1 atom stereocenters. The van der Waals surface area contributed by atoms with Gasteiger partial charge in [-0.2, -0.15) is 5.10 Å². The van der Waals surface area contributed by atoms with E-state index in [2.05, 4.69) is 10.2 Å². The monoisotopic (exact) mass is 442 g/mol. The number of ether oxygens (including phenoxy) is 2. The normalized spacial score (nSPS) is 16.3. The van der Waals surface area contributed by atoms with Crippen molar-refractivity contribution in [3.8, 4) is 5.75 Å². The quantitative estimate of drug-likeness (QED) is 0.633. The number of nitrogens with one attached hydrogen (secondary N) is 1. The summed E-state index contributed by atoms with van der Waals surface area (Å²) in [5, 5.41) is 7.94. The molecule has 3 heterocycles. The number of hydrogen-bond acceptors (Lipinski definition) is 5. The first-order valence-electron chi connectivity index (χ1n) is 10.0. The summed E-state index contributed by atoms with van der Waals surface area (Å²) < 4.78 is 13.0. The highest BCUT2D eigenvalue weighted by atomic mass is 35.5. The molecule has 0 aliphatic carbocycles. The number of amides is 1. The molecule has 2 aromatic heterocycles. The third kappa shape index (κ3) is 4.98. The van der Waals surface area contributed by atoms with Gasteiger partial charge in [0.1, 0.15) is 11.9 Å². The minimum Gasteiger partial charge on any atom is -0.492 e. The molecule has 1 aromatic carbocycles. The van der Waals surface area contributed by atoms with Crippen LogP contribution in [-0.4, -0.2) is 51.9 Å². The Labute approximate surface area is 184 Å². The Kier molecular flexibility index (Phi) is 6.39. The number of aromatic amines is 1. The van der Waals surface area contributed by atoms with Gasteiger partial charge in [0.25, 0.3) is 5.91 Å². The molecule has 1 amide bonds. The summed E-state index contributed by atoms with van der Waals surface area (Å²) in [5.41, 5.74) is 1.97. The first-order valence-corrected chi connectivity index (χ1v) is 10.4. The van der Waals surface area contributed by atoms with Crippen molar-refractivity contribution < 1.29 is 14.3 Å². The Morgan fingerprint density at radius 1 is 1.32 bits per heavy atom. The van der Waals surface area contributed by atoms with Gasteiger partial charge in [-0.15, -0.1) is 0 Å². The molecule has 1 aliphatic heterocycles. The van der Waals surface area contributed by atoms with Crippen molar-refractivity contribution in [1.82, 2.24) is 19.7 Å². The minimum atomic E-state index is -0.320. The number of hydrogen-bond donors (Lipinski definition) is 1. The maximum atomic E-state index is 12.8. The maximum Gasteiger partial charge on any atom is 0.255 e. The summed E-state index contributed by atoms with van der Waals surface area (Å²) in [4.78, 5) is 26.1. The van der Waals surface area contributed by atoms with Gasteiger partial charge in [-0.05, 0) is 24.3 Å². The number of H-pyrrole nitrogens is 1. The number of benzene rings is 1. The lowest BCUT2D eigenvalue weighted by atomic mass is 10.1. The van der Waals surface area contributed by atoms with Crippen molar-refractivity contribution in [1.29, 1.82) is 0 Å². The molecule has 162 valence electrons. The zero-order valence-corrected chi connectivity index (χ0v) is 17.8. The minimum absolute atomic E-state index is 0.132. The number of aromatic nitrogens is 3. The molecular weight excluding hydrogens is 420 g/mol. The predicted molar refractivity (Wildman–Crippen MR) is 116 cm³/mol. The van der Waals surface area contributed by atoms with Crippen LogP contribution in [0.15, 0.2) is 53.5 Å². The van der Waals surface area contributed by atoms with Crippen molar-refractivity contribution >= 4 is 17.5 Å². The van der Waals surface area contributed by atoms with Gasteiger partial charge in [-0.1, -0.05) is 23.7 Å². The lowest BCUT2D eigenvalue weighted by molar-refractivity contribution is -0.0247. The number of carbonyl (C=O) groups excluding carboxylic acids is 1. The zero-order valence-electron chi connectivity index (χ0n) is 17.1. The molecule has 1 aliphatic rings. The first kappa shape index (κ1) is 21.1. The van der Waals surface area contributed by atoms with E-state index in [9.17, 15) is 9.59 Å². The van der Waals surface area contributed by atoms with Crippen LogP contribution < -0.4 is 10.3 Å². The van der Waals surface area contributed by atoms with Crippen molar-refractivity contribution in [2.75, 3.05) is 26.3 Å². The molecule has 0 saturated carbocycles. The maximum absolute atomic E-state index is 12.8. The predicted octanol–water partition coefficient (Wildman–Crippen LogP) is 2.60. The average Bonchev–Trinajstić information content (AvgIpc) is 3.26. The van der Waals surface area contributed by atoms with Crippen LogP contribution >= 0.6 is 11.6 Å². The van der Waals surface area contributed by atoms with Gasteiger partial charge in [-0.25, -0.2) is 0 Å². The number of nitrogens with zero attached hydrogens (tertiary/aromatic N) is 3. The molecule has 1 N–H and O–H groups in total. The van der Waals surface area contributed by atoms with E-state index >= 15 is 0 Å². The van der Waals surface area contributed by atoms with E-state index in [1.807, 2.05) is 24.3 Å². The molecule has 0 spiro atoms. The summed E-state index contributed by atoms with van der Waals surface area (Å²) in [7, 11) is 1.63. The summed E-state index contributed by atoms with van der Waals surface area (Å²) in [6.07, 6.45) is 1.87. The first-order chi connectivity index (χ1) is 15.0. The Morgan fingerprint density at radius 3 is 2.97 bits per heavy atom. The summed E-state index contributed by atoms with van der Waals surface area (Å²) in [5.74, 6) is 0.514. The van der Waals surface area contributed by atoms with Gasteiger partial charge in [0, 0.05) is 38.0 Å². The molecule has 31 heavy (non-hydrogen) atoms. The van der Waals surface area contributed by atoms with Crippen molar-refractivity contribution in [2.45, 2.75) is 12.5 Å². The van der Waals surface area contributed by atoms with Crippen LogP contribution in [0.2, 0.25) is 5.02 Å². The summed E-state index contributed by atoms with van der Waals surface area (Å²) >= 11 is 6.10. The summed E-state index contributed by atoms with van der Waals surface area (Å²) in [6, 6.07) is 12.2. The summed E-state index contributed by atoms with van der Waals surface area (Å²) in [6.45, 7) is 1.75. The fourth-order valence-electron chi connectivity index (χ4n) is 3.42. The number of aryl methyl sites for hydroxylation is 1. The van der Waals surface area contributed by atoms with Crippen LogP contribution in [0.4, 0.5) is 0 Å². The molecule has 1 fully saturated rings. The highest BCUT2D eigenvalue weighted by molar-refractivity contribution is 6.32. The van der Waals surface area contributed by atoms with Gasteiger partial charge in [-0.3, -0.25) is 14.7 Å². The Balaban J connectivity index is 1.36. The van der Waals surface area contributed by atoms with Crippen molar-refractivity contribution in [3.05, 3.63) is 81.0 Å². The van der Waals surface area contributed by atoms with E-state index in [0.717, 1.165) is 11.4 Å². The van der Waals surface area contributed by atoms with Crippen LogP contribution in [0.3, 0.4) is 0 Å². The second-order valence-electron chi connectivity index (χ2n) is 7.32. The van der Waals surface area contributed by atoms with E-state index in [1.54, 1.807) is 30.3 Å². The lowest BCUT2D eigenvalue weighted by Crippen LogP contribution is -2.42. The van der Waals surface area contributed by atoms with E-state index in [0.29, 0.717) is 49.1 Å². The SMILES string of the molecule is Cn1cc(C(=O)N2CCOC(c3cc(CCOc4ccccc4Cl)[nH]n3)C2)ccc1=O. The number of rotatable bonds is 6. The van der Waals surface area contributed by atoms with E-state index in [1.165, 1.54) is 10.6 Å². The smallest absolute Gasteiger partial charge is 0.255 e. The zero-order chi connectivity index (χ0) is 21.8. The largest absolute Gasteiger partial charge is 0.492 e. The third-order valence-corrected chi connectivity index (χ3v) is 5.44. The van der Waals surface area contributed by atoms with Crippen LogP contribution in [-0.2, 0) is 18.2 Å². The molecule has 0 bridgehead atoms. The van der Waals surface area contributed by atoms with Gasteiger partial charge in [0.05, 0.1) is 36.0 Å². The van der Waals surface area contributed by atoms with Gasteiger partial charge >= 0.3 is 0 Å². The van der Waals surface area contributed by atoms with Crippen LogP contribution in [0.1, 0.15) is 27.8 Å². The van der Waals surface area contributed by atoms with Crippen LogP contribution in [0.25, 0.3) is 0 Å². The highest BCUT2D eigenvalue weighted by Crippen LogP contribution is 2.24. The molecule has 0 radical (unpaired) electrons. The van der Waals surface area contributed by atoms with Crippen molar-refractivity contribution in [2.24, 2.45) is 7.05 Å². The second kappa shape index (κ2) is 9.36. The van der Waals surface area contributed by atoms with Gasteiger partial charge in [0.15, 0.2) is 0 Å². The topological polar surface area (TPSA) is 89.4 Å². The van der Waals surface area contributed by atoms with Crippen LogP contribution in [0.5, 0.6) is 5.75 Å². The number of halogens is 1. The van der Waals surface area contributed by atoms with E-state index in [4.69, 9.17) is 21.1 Å². The standard InChI is InChI=1S/C22H23ClN4O4/c1-26-13-15(6-7-21(26)28)22(29)27-9-11-31-20(14-27)18-12-16(24-25-18)8-10-30-19-5-3-2-4-17(19)23/h2-7,12-13,20H,8-11,14H2,1H3,(H,24,25). The fourth-order valence-corrected chi connectivity index (χ4v) is 3.61. The number of morpholine rings is 1. The lowest BCUT2D eigenvalue weighted by Gasteiger charge is -2.32. The van der Waals surface area contributed by atoms with E-state index in [-0.39, 0.29) is 17.6 Å². The van der Waals surface area contributed by atoms with Gasteiger partial charge < -0.3 is 18.9 Å². The number of carbonyl (C=O) groups is 1.